The van der Waals surface area contributed by atoms with Gasteiger partial charge in [0.2, 0.25) is 5.75 Å². The van der Waals surface area contributed by atoms with Crippen LogP contribution in [-0.4, -0.2) is 30.2 Å². The van der Waals surface area contributed by atoms with Crippen LogP contribution >= 0.6 is 12.2 Å². The van der Waals surface area contributed by atoms with Crippen LogP contribution in [0.5, 0.6) is 17.2 Å². The van der Waals surface area contributed by atoms with Gasteiger partial charge in [-0.3, -0.25) is 15.0 Å². The van der Waals surface area contributed by atoms with E-state index in [4.69, 9.17) is 26.4 Å². The molecular formula is C28H27N3O6S. The van der Waals surface area contributed by atoms with Gasteiger partial charge in [0.25, 0.3) is 0 Å². The van der Waals surface area contributed by atoms with Gasteiger partial charge in [-0.1, -0.05) is 37.6 Å². The molecular weight excluding hydrogens is 506 g/mol. The number of nitro benzene ring substituents is 1. The van der Waals surface area contributed by atoms with Gasteiger partial charge in [0.15, 0.2) is 5.11 Å². The van der Waals surface area contributed by atoms with Crippen LogP contribution in [0.25, 0.3) is 0 Å². The monoisotopic (exact) mass is 533 g/mol. The van der Waals surface area contributed by atoms with Crippen molar-refractivity contribution < 1.29 is 23.9 Å². The first-order chi connectivity index (χ1) is 18.4. The largest absolute Gasteiger partial charge is 0.497 e. The van der Waals surface area contributed by atoms with Crippen molar-refractivity contribution in [3.05, 3.63) is 99.7 Å². The fraction of sp³-hybridized carbons (Fsp3) is 0.214. The number of nitro groups is 1. The normalized spacial score (nSPS) is 15.1. The molecule has 1 aliphatic rings. The number of methoxy groups -OCH3 is 2. The van der Waals surface area contributed by atoms with E-state index in [2.05, 4.69) is 5.32 Å². The fourth-order valence-electron chi connectivity index (χ4n) is 4.31. The van der Waals surface area contributed by atoms with Crippen molar-refractivity contribution in [2.45, 2.75) is 25.8 Å². The number of carbonyl (C=O) groups is 1. The molecule has 0 saturated heterocycles. The third-order valence-corrected chi connectivity index (χ3v) is 6.35. The van der Waals surface area contributed by atoms with Crippen molar-refractivity contribution in [2.24, 2.45) is 0 Å². The molecule has 0 saturated carbocycles. The van der Waals surface area contributed by atoms with Gasteiger partial charge in [0, 0.05) is 17.5 Å². The van der Waals surface area contributed by atoms with Gasteiger partial charge in [0.1, 0.15) is 11.5 Å². The van der Waals surface area contributed by atoms with Crippen molar-refractivity contribution >= 4 is 34.7 Å². The number of anilines is 1. The summed E-state index contributed by atoms with van der Waals surface area (Å²) >= 11 is 5.73. The van der Waals surface area contributed by atoms with Crippen LogP contribution in [0.3, 0.4) is 0 Å². The highest BCUT2D eigenvalue weighted by Crippen LogP contribution is 2.40. The molecule has 1 N–H and O–H groups in total. The van der Waals surface area contributed by atoms with Crippen LogP contribution in [0.2, 0.25) is 0 Å². The Morgan fingerprint density at radius 1 is 1.05 bits per heavy atom. The molecule has 196 valence electrons. The molecule has 3 aromatic rings. The van der Waals surface area contributed by atoms with Crippen molar-refractivity contribution in [1.82, 2.24) is 5.32 Å². The molecule has 9 nitrogen and oxygen atoms in total. The Labute approximate surface area is 225 Å². The summed E-state index contributed by atoms with van der Waals surface area (Å²) < 4.78 is 16.1. The third kappa shape index (κ3) is 5.45. The van der Waals surface area contributed by atoms with Gasteiger partial charge in [-0.05, 0) is 66.7 Å². The Morgan fingerprint density at radius 3 is 2.34 bits per heavy atom. The minimum absolute atomic E-state index is 0.0607. The maximum absolute atomic E-state index is 13.1. The van der Waals surface area contributed by atoms with Crippen LogP contribution in [0.4, 0.5) is 11.4 Å². The Bertz CT molecular complexity index is 1380. The number of ether oxygens (including phenoxy) is 3. The maximum atomic E-state index is 13.1. The fourth-order valence-corrected chi connectivity index (χ4v) is 4.65. The number of para-hydroxylation sites is 1. The summed E-state index contributed by atoms with van der Waals surface area (Å²) in [6.07, 6.45) is 1.28. The summed E-state index contributed by atoms with van der Waals surface area (Å²) in [5.41, 5.74) is 2.04. The first kappa shape index (κ1) is 26.6. The standard InChI is InChI=1S/C28H27N3O6S/c1-4-8-22-25(27(32)36-3)26(29-28(38)30(22)19-9-6-5-7-10-19)18-11-16-24(23(17-18)31(33)34)37-21-14-12-20(35-2)13-15-21/h5-7,9-17,26H,4,8H2,1-3H3,(H,29,38)/t26-/m0/s1. The molecule has 10 heteroatoms. The second-order valence-electron chi connectivity index (χ2n) is 8.42. The van der Waals surface area contributed by atoms with Crippen molar-refractivity contribution in [3.8, 4) is 17.2 Å². The molecule has 1 atom stereocenters. The lowest BCUT2D eigenvalue weighted by atomic mass is 9.92. The summed E-state index contributed by atoms with van der Waals surface area (Å²) in [5.74, 6) is 0.565. The van der Waals surface area contributed by atoms with E-state index in [-0.39, 0.29) is 11.4 Å². The first-order valence-electron chi connectivity index (χ1n) is 11.9. The topological polar surface area (TPSA) is 103 Å². The lowest BCUT2D eigenvalue weighted by molar-refractivity contribution is -0.385. The lowest BCUT2D eigenvalue weighted by Crippen LogP contribution is -2.48. The molecule has 38 heavy (non-hydrogen) atoms. The Kier molecular flexibility index (Phi) is 8.22. The molecule has 4 rings (SSSR count). The van der Waals surface area contributed by atoms with Gasteiger partial charge < -0.3 is 19.5 Å². The van der Waals surface area contributed by atoms with E-state index in [1.54, 1.807) is 37.4 Å². The number of esters is 1. The molecule has 1 heterocycles. The molecule has 0 fully saturated rings. The minimum atomic E-state index is -0.759. The van der Waals surface area contributed by atoms with E-state index in [9.17, 15) is 14.9 Å². The maximum Gasteiger partial charge on any atom is 0.337 e. The average molecular weight is 534 g/mol. The van der Waals surface area contributed by atoms with Crippen LogP contribution in [0.15, 0.2) is 84.1 Å². The van der Waals surface area contributed by atoms with E-state index in [1.165, 1.54) is 19.2 Å². The number of benzene rings is 3. The van der Waals surface area contributed by atoms with Crippen LogP contribution in [-0.2, 0) is 9.53 Å². The Hall–Kier alpha value is -4.44. The highest BCUT2D eigenvalue weighted by Gasteiger charge is 2.37. The Morgan fingerprint density at radius 2 is 1.74 bits per heavy atom. The van der Waals surface area contributed by atoms with Crippen molar-refractivity contribution in [3.63, 3.8) is 0 Å². The lowest BCUT2D eigenvalue weighted by Gasteiger charge is -2.38. The van der Waals surface area contributed by atoms with Crippen LogP contribution < -0.4 is 19.7 Å². The zero-order valence-corrected chi connectivity index (χ0v) is 22.0. The average Bonchev–Trinajstić information content (AvgIpc) is 2.93. The van der Waals surface area contributed by atoms with Crippen molar-refractivity contribution in [1.29, 1.82) is 0 Å². The van der Waals surface area contributed by atoms with Gasteiger partial charge in [0.05, 0.1) is 30.8 Å². The van der Waals surface area contributed by atoms with Gasteiger partial charge in [-0.25, -0.2) is 4.79 Å². The number of nitrogens with one attached hydrogen (secondary N) is 1. The van der Waals surface area contributed by atoms with Gasteiger partial charge in [-0.15, -0.1) is 0 Å². The predicted molar refractivity (Wildman–Crippen MR) is 148 cm³/mol. The van der Waals surface area contributed by atoms with E-state index >= 15 is 0 Å². The molecule has 0 bridgehead atoms. The van der Waals surface area contributed by atoms with Gasteiger partial charge >= 0.3 is 11.7 Å². The molecule has 0 unspecified atom stereocenters. The number of rotatable bonds is 9. The number of hydrogen-bond acceptors (Lipinski definition) is 7. The van der Waals surface area contributed by atoms with Crippen LogP contribution in [0.1, 0.15) is 31.4 Å². The minimum Gasteiger partial charge on any atom is -0.497 e. The number of hydrogen-bond donors (Lipinski definition) is 1. The SMILES string of the molecule is CCCC1=C(C(=O)OC)[C@H](c2ccc(Oc3ccc(OC)cc3)c([N+](=O)[O-])c2)NC(=S)N1c1ccccc1. The number of thiocarbonyl (C=S) groups is 1. The molecule has 3 aromatic carbocycles. The third-order valence-electron chi connectivity index (χ3n) is 6.05. The zero-order valence-electron chi connectivity index (χ0n) is 21.2. The van der Waals surface area contributed by atoms with Crippen molar-refractivity contribution in [2.75, 3.05) is 19.1 Å². The Balaban J connectivity index is 1.80. The first-order valence-corrected chi connectivity index (χ1v) is 12.4. The quantitative estimate of drug-likeness (QED) is 0.152. The smallest absolute Gasteiger partial charge is 0.337 e. The van der Waals surface area contributed by atoms with E-state index in [0.717, 1.165) is 12.1 Å². The summed E-state index contributed by atoms with van der Waals surface area (Å²) in [5, 5.41) is 15.6. The molecule has 1 aliphatic heterocycles. The summed E-state index contributed by atoms with van der Waals surface area (Å²) in [7, 11) is 2.86. The summed E-state index contributed by atoms with van der Waals surface area (Å²) in [4.78, 5) is 26.5. The highest BCUT2D eigenvalue weighted by molar-refractivity contribution is 7.80. The zero-order chi connectivity index (χ0) is 27.2. The predicted octanol–water partition coefficient (Wildman–Crippen LogP) is 6.06. The second kappa shape index (κ2) is 11.7. The van der Waals surface area contributed by atoms with Crippen LogP contribution in [0, 0.1) is 10.1 Å². The van der Waals surface area contributed by atoms with E-state index in [0.29, 0.717) is 39.9 Å². The number of carbonyl (C=O) groups excluding carboxylic acids is 1. The number of allylic oxidation sites excluding steroid dienone is 1. The van der Waals surface area contributed by atoms with E-state index < -0.39 is 16.9 Å². The molecule has 0 aromatic heterocycles. The summed E-state index contributed by atoms with van der Waals surface area (Å²) in [6, 6.07) is 20.0. The number of nitrogens with zero attached hydrogens (tertiary/aromatic N) is 2. The van der Waals surface area contributed by atoms with E-state index in [1.807, 2.05) is 42.2 Å². The molecule has 0 spiro atoms. The molecule has 0 aliphatic carbocycles. The summed E-state index contributed by atoms with van der Waals surface area (Å²) in [6.45, 7) is 2.00. The second-order valence-corrected chi connectivity index (χ2v) is 8.80. The molecule has 0 radical (unpaired) electrons. The molecule has 0 amide bonds. The van der Waals surface area contributed by atoms with Gasteiger partial charge in [-0.2, -0.15) is 0 Å². The highest BCUT2D eigenvalue weighted by atomic mass is 32.1.